The first-order valence-corrected chi connectivity index (χ1v) is 17.8. The first kappa shape index (κ1) is 29.1. The second-order valence-corrected chi connectivity index (χ2v) is 14.4. The van der Waals surface area contributed by atoms with E-state index in [4.69, 9.17) is 4.42 Å². The zero-order chi connectivity index (χ0) is 33.4. The van der Waals surface area contributed by atoms with E-state index in [1.165, 1.54) is 77.2 Å². The van der Waals surface area contributed by atoms with Crippen molar-refractivity contribution in [2.24, 2.45) is 0 Å². The number of para-hydroxylation sites is 4. The maximum Gasteiger partial charge on any atom is 0.139 e. The maximum atomic E-state index is 6.67. The minimum atomic E-state index is -0.0597. The van der Waals surface area contributed by atoms with Crippen molar-refractivity contribution in [1.29, 1.82) is 0 Å². The molecule has 2 nitrogen and oxygen atoms in total. The number of benzene rings is 7. The van der Waals surface area contributed by atoms with E-state index in [0.717, 1.165) is 24.0 Å². The van der Waals surface area contributed by atoms with Gasteiger partial charge >= 0.3 is 0 Å². The fourth-order valence-corrected chi connectivity index (χ4v) is 8.83. The van der Waals surface area contributed by atoms with Crippen molar-refractivity contribution in [2.45, 2.75) is 38.0 Å². The highest BCUT2D eigenvalue weighted by molar-refractivity contribution is 6.09. The summed E-state index contributed by atoms with van der Waals surface area (Å²) in [6, 6.07) is 57.9. The highest BCUT2D eigenvalue weighted by Gasteiger charge is 2.36. The normalized spacial score (nSPS) is 14.0. The molecule has 0 N–H and O–H groups in total. The highest BCUT2D eigenvalue weighted by atomic mass is 16.3. The van der Waals surface area contributed by atoms with E-state index in [-0.39, 0.29) is 11.3 Å². The summed E-state index contributed by atoms with van der Waals surface area (Å²) in [4.78, 5) is 0. The Morgan fingerprint density at radius 1 is 0.560 bits per heavy atom. The third-order valence-electron chi connectivity index (χ3n) is 11.3. The highest BCUT2D eigenvalue weighted by Crippen LogP contribution is 2.50. The lowest BCUT2D eigenvalue weighted by Crippen LogP contribution is -2.15. The number of aromatic nitrogens is 1. The summed E-state index contributed by atoms with van der Waals surface area (Å²) in [6.45, 7) is 4.75. The van der Waals surface area contributed by atoms with Gasteiger partial charge in [0.1, 0.15) is 11.2 Å². The maximum absolute atomic E-state index is 6.67. The molecule has 0 fully saturated rings. The molecule has 240 valence electrons. The van der Waals surface area contributed by atoms with Gasteiger partial charge in [-0.2, -0.15) is 0 Å². The standard InChI is InChI=1S/C48H37NO/c1-48(2)42-20-9-6-15-35(42)36-27-25-32(30-43(36)48)34(39-18-12-19-40-38-17-8-11-22-46(38)50-47(39)40)26-23-31-24-28-45-41(29-31)37-16-7-10-21-44(37)49(45)33-13-4-3-5-14-33/h3-22,24-25,27-30,34H,23,26H2,1-2H3. The van der Waals surface area contributed by atoms with E-state index in [9.17, 15) is 0 Å². The van der Waals surface area contributed by atoms with E-state index >= 15 is 0 Å². The fourth-order valence-electron chi connectivity index (χ4n) is 8.83. The summed E-state index contributed by atoms with van der Waals surface area (Å²) in [5, 5.41) is 4.95. The molecule has 1 aliphatic carbocycles. The molecule has 2 heteroatoms. The van der Waals surface area contributed by atoms with E-state index in [0.29, 0.717) is 0 Å². The van der Waals surface area contributed by atoms with Gasteiger partial charge in [-0.15, -0.1) is 0 Å². The average molecular weight is 644 g/mol. The zero-order valence-electron chi connectivity index (χ0n) is 28.4. The third kappa shape index (κ3) is 4.34. The number of nitrogens with zero attached hydrogens (tertiary/aromatic N) is 1. The summed E-state index contributed by atoms with van der Waals surface area (Å²) in [7, 11) is 0. The first-order chi connectivity index (χ1) is 24.6. The van der Waals surface area contributed by atoms with Crippen molar-refractivity contribution < 1.29 is 4.42 Å². The molecule has 9 aromatic rings. The predicted molar refractivity (Wildman–Crippen MR) is 209 cm³/mol. The van der Waals surface area contributed by atoms with Crippen LogP contribution in [0.1, 0.15) is 54.0 Å². The van der Waals surface area contributed by atoms with Gasteiger partial charge in [0.15, 0.2) is 0 Å². The number of furan rings is 1. The number of hydrogen-bond acceptors (Lipinski definition) is 1. The number of hydrogen-bond donors (Lipinski definition) is 0. The second kappa shape index (κ2) is 11.1. The molecule has 0 bridgehead atoms. The molecular weight excluding hydrogens is 607 g/mol. The summed E-state index contributed by atoms with van der Waals surface area (Å²) in [5.74, 6) is 0.158. The van der Waals surface area contributed by atoms with Gasteiger partial charge in [0, 0.05) is 44.1 Å². The van der Waals surface area contributed by atoms with E-state index in [2.05, 4.69) is 176 Å². The van der Waals surface area contributed by atoms with Crippen LogP contribution < -0.4 is 0 Å². The Bertz CT molecular complexity index is 2740. The minimum Gasteiger partial charge on any atom is -0.456 e. The van der Waals surface area contributed by atoms with E-state index in [1.807, 2.05) is 0 Å². The van der Waals surface area contributed by atoms with Crippen LogP contribution in [0.25, 0.3) is 60.6 Å². The van der Waals surface area contributed by atoms with Crippen molar-refractivity contribution >= 4 is 43.7 Å². The van der Waals surface area contributed by atoms with E-state index < -0.39 is 0 Å². The summed E-state index contributed by atoms with van der Waals surface area (Å²) in [5.41, 5.74) is 15.0. The van der Waals surface area contributed by atoms with Gasteiger partial charge in [-0.3, -0.25) is 0 Å². The molecule has 0 saturated carbocycles. The molecule has 0 radical (unpaired) electrons. The Morgan fingerprint density at radius 3 is 2.18 bits per heavy atom. The lowest BCUT2D eigenvalue weighted by atomic mass is 9.79. The Kier molecular flexibility index (Phi) is 6.45. The van der Waals surface area contributed by atoms with Crippen LogP contribution in [-0.4, -0.2) is 4.57 Å². The summed E-state index contributed by atoms with van der Waals surface area (Å²) >= 11 is 0. The average Bonchev–Trinajstić information content (AvgIpc) is 3.78. The lowest BCUT2D eigenvalue weighted by molar-refractivity contribution is 0.640. The van der Waals surface area contributed by atoms with Gasteiger partial charge in [0.2, 0.25) is 0 Å². The Morgan fingerprint density at radius 2 is 1.28 bits per heavy atom. The lowest BCUT2D eigenvalue weighted by Gasteiger charge is -2.24. The van der Waals surface area contributed by atoms with Gasteiger partial charge in [-0.1, -0.05) is 135 Å². The molecule has 2 aromatic heterocycles. The van der Waals surface area contributed by atoms with Crippen LogP contribution in [0.4, 0.5) is 0 Å². The van der Waals surface area contributed by atoms with Crippen LogP contribution in [-0.2, 0) is 11.8 Å². The molecule has 10 rings (SSSR count). The van der Waals surface area contributed by atoms with Crippen molar-refractivity contribution in [1.82, 2.24) is 4.57 Å². The SMILES string of the molecule is CC1(C)c2ccccc2-c2ccc(C(CCc3ccc4c(c3)c3ccccc3n4-c3ccccc3)c3cccc4c3oc3ccccc34)cc21. The number of aryl methyl sites for hydroxylation is 1. The monoisotopic (exact) mass is 643 g/mol. The van der Waals surface area contributed by atoms with Crippen LogP contribution in [0.2, 0.25) is 0 Å². The second-order valence-electron chi connectivity index (χ2n) is 14.4. The molecule has 50 heavy (non-hydrogen) atoms. The molecular formula is C48H37NO. The van der Waals surface area contributed by atoms with Crippen molar-refractivity contribution in [3.8, 4) is 16.8 Å². The Hall–Kier alpha value is -5.86. The van der Waals surface area contributed by atoms with Gasteiger partial charge in [-0.05, 0) is 82.6 Å². The number of fused-ring (bicyclic) bond motifs is 9. The molecule has 0 saturated heterocycles. The predicted octanol–water partition coefficient (Wildman–Crippen LogP) is 12.8. The minimum absolute atomic E-state index is 0.0597. The van der Waals surface area contributed by atoms with Gasteiger partial charge in [-0.25, -0.2) is 0 Å². The van der Waals surface area contributed by atoms with Gasteiger partial charge in [0.05, 0.1) is 11.0 Å². The largest absolute Gasteiger partial charge is 0.456 e. The molecule has 1 unspecified atom stereocenters. The number of rotatable bonds is 6. The third-order valence-corrected chi connectivity index (χ3v) is 11.3. The molecule has 0 spiro atoms. The molecule has 7 aromatic carbocycles. The van der Waals surface area contributed by atoms with Crippen molar-refractivity contribution in [3.63, 3.8) is 0 Å². The molecule has 0 aliphatic heterocycles. The quantitative estimate of drug-likeness (QED) is 0.176. The molecule has 1 aliphatic rings. The Balaban J connectivity index is 1.10. The molecule has 2 heterocycles. The Labute approximate surface area is 292 Å². The molecule has 0 amide bonds. The summed E-state index contributed by atoms with van der Waals surface area (Å²) in [6.07, 6.45) is 1.91. The van der Waals surface area contributed by atoms with Crippen LogP contribution >= 0.6 is 0 Å². The summed E-state index contributed by atoms with van der Waals surface area (Å²) < 4.78 is 9.06. The zero-order valence-corrected chi connectivity index (χ0v) is 28.4. The molecule has 1 atom stereocenters. The fraction of sp³-hybridized carbons (Fsp3) is 0.125. The van der Waals surface area contributed by atoms with Crippen LogP contribution in [0.15, 0.2) is 162 Å². The van der Waals surface area contributed by atoms with Crippen LogP contribution in [0, 0.1) is 0 Å². The first-order valence-electron chi connectivity index (χ1n) is 17.8. The van der Waals surface area contributed by atoms with Gasteiger partial charge < -0.3 is 8.98 Å². The smallest absolute Gasteiger partial charge is 0.139 e. The van der Waals surface area contributed by atoms with Crippen molar-refractivity contribution in [3.05, 3.63) is 186 Å². The topological polar surface area (TPSA) is 18.1 Å². The van der Waals surface area contributed by atoms with Crippen molar-refractivity contribution in [2.75, 3.05) is 0 Å². The van der Waals surface area contributed by atoms with E-state index in [1.54, 1.807) is 0 Å². The van der Waals surface area contributed by atoms with Crippen LogP contribution in [0.3, 0.4) is 0 Å². The van der Waals surface area contributed by atoms with Gasteiger partial charge in [0.25, 0.3) is 0 Å². The van der Waals surface area contributed by atoms with Crippen LogP contribution in [0.5, 0.6) is 0 Å².